The molecule has 0 atom stereocenters. The molecule has 0 aliphatic heterocycles. The standard InChI is InChI=1S/C10H11N3O2/c1-15-8-5-11-9-4-7(6-2-3-6)12-13(9)10(8)14/h4-6,14H,2-3H2,1H3. The highest BCUT2D eigenvalue weighted by Crippen LogP contribution is 2.40. The highest BCUT2D eigenvalue weighted by atomic mass is 16.5. The first-order chi connectivity index (χ1) is 7.29. The third-order valence-corrected chi connectivity index (χ3v) is 2.66. The molecule has 0 bridgehead atoms. The molecule has 5 heteroatoms. The number of aromatic nitrogens is 3. The van der Waals surface area contributed by atoms with Crippen molar-refractivity contribution in [3.05, 3.63) is 18.0 Å². The van der Waals surface area contributed by atoms with Crippen LogP contribution in [-0.2, 0) is 0 Å². The molecular formula is C10H11N3O2. The summed E-state index contributed by atoms with van der Waals surface area (Å²) in [6.07, 6.45) is 3.87. The second-order valence-corrected chi connectivity index (χ2v) is 3.76. The number of rotatable bonds is 2. The number of hydrogen-bond donors (Lipinski definition) is 1. The molecule has 0 aromatic carbocycles. The number of nitrogens with zero attached hydrogens (tertiary/aromatic N) is 3. The predicted octanol–water partition coefficient (Wildman–Crippen LogP) is 1.32. The van der Waals surface area contributed by atoms with Crippen LogP contribution in [0.1, 0.15) is 24.5 Å². The highest BCUT2D eigenvalue weighted by Gasteiger charge is 2.27. The predicted molar refractivity (Wildman–Crippen MR) is 53.2 cm³/mol. The van der Waals surface area contributed by atoms with Gasteiger partial charge in [0.1, 0.15) is 0 Å². The van der Waals surface area contributed by atoms with Crippen molar-refractivity contribution in [1.29, 1.82) is 0 Å². The molecule has 1 saturated carbocycles. The highest BCUT2D eigenvalue weighted by molar-refractivity contribution is 5.47. The largest absolute Gasteiger partial charge is 0.491 e. The van der Waals surface area contributed by atoms with Crippen molar-refractivity contribution >= 4 is 5.65 Å². The first-order valence-corrected chi connectivity index (χ1v) is 4.91. The molecule has 2 heterocycles. The lowest BCUT2D eigenvalue weighted by Gasteiger charge is -2.02. The Kier molecular flexibility index (Phi) is 1.62. The van der Waals surface area contributed by atoms with E-state index in [0.717, 1.165) is 5.69 Å². The zero-order valence-electron chi connectivity index (χ0n) is 8.34. The van der Waals surface area contributed by atoms with Gasteiger partial charge in [0.15, 0.2) is 11.4 Å². The van der Waals surface area contributed by atoms with Gasteiger partial charge < -0.3 is 9.84 Å². The molecule has 0 spiro atoms. The Morgan fingerprint density at radius 3 is 3.00 bits per heavy atom. The summed E-state index contributed by atoms with van der Waals surface area (Å²) in [5.41, 5.74) is 1.67. The third kappa shape index (κ3) is 1.23. The molecule has 3 rings (SSSR count). The molecule has 0 radical (unpaired) electrons. The number of ether oxygens (including phenoxy) is 1. The van der Waals surface area contributed by atoms with Crippen molar-refractivity contribution in [2.75, 3.05) is 7.11 Å². The van der Waals surface area contributed by atoms with E-state index in [2.05, 4.69) is 10.1 Å². The summed E-state index contributed by atoms with van der Waals surface area (Å²) in [7, 11) is 1.49. The van der Waals surface area contributed by atoms with E-state index in [4.69, 9.17) is 4.74 Å². The fourth-order valence-corrected chi connectivity index (χ4v) is 1.65. The Morgan fingerprint density at radius 1 is 1.53 bits per heavy atom. The van der Waals surface area contributed by atoms with Gasteiger partial charge in [0.05, 0.1) is 19.0 Å². The van der Waals surface area contributed by atoms with E-state index in [1.54, 1.807) is 0 Å². The average molecular weight is 205 g/mol. The Labute approximate surface area is 86.3 Å². The summed E-state index contributed by atoms with van der Waals surface area (Å²) in [4.78, 5) is 4.16. The maximum Gasteiger partial charge on any atom is 0.259 e. The van der Waals surface area contributed by atoms with Crippen LogP contribution >= 0.6 is 0 Å². The second-order valence-electron chi connectivity index (χ2n) is 3.76. The summed E-state index contributed by atoms with van der Waals surface area (Å²) in [6.45, 7) is 0. The van der Waals surface area contributed by atoms with E-state index in [1.807, 2.05) is 6.07 Å². The van der Waals surface area contributed by atoms with Gasteiger partial charge in [-0.05, 0) is 12.8 Å². The van der Waals surface area contributed by atoms with Gasteiger partial charge in [-0.3, -0.25) is 0 Å². The minimum Gasteiger partial charge on any atom is -0.491 e. The van der Waals surface area contributed by atoms with Gasteiger partial charge in [-0.2, -0.15) is 9.61 Å². The van der Waals surface area contributed by atoms with Gasteiger partial charge in [0, 0.05) is 12.0 Å². The Hall–Kier alpha value is -1.78. The van der Waals surface area contributed by atoms with Crippen LogP contribution in [0.5, 0.6) is 11.6 Å². The summed E-state index contributed by atoms with van der Waals surface area (Å²) in [5, 5.41) is 14.1. The smallest absolute Gasteiger partial charge is 0.259 e. The van der Waals surface area contributed by atoms with E-state index in [9.17, 15) is 5.11 Å². The molecule has 1 fully saturated rings. The molecule has 2 aromatic rings. The minimum atomic E-state index is 0.00870. The van der Waals surface area contributed by atoms with Crippen LogP contribution in [-0.4, -0.2) is 26.8 Å². The molecule has 0 amide bonds. The Morgan fingerprint density at radius 2 is 2.33 bits per heavy atom. The maximum absolute atomic E-state index is 9.80. The zero-order valence-corrected chi connectivity index (χ0v) is 8.34. The van der Waals surface area contributed by atoms with Gasteiger partial charge in [-0.15, -0.1) is 0 Å². The lowest BCUT2D eigenvalue weighted by Crippen LogP contribution is -1.95. The van der Waals surface area contributed by atoms with Crippen LogP contribution in [0.2, 0.25) is 0 Å². The Bertz CT molecular complexity index is 517. The normalized spacial score (nSPS) is 15.8. The van der Waals surface area contributed by atoms with Crippen molar-refractivity contribution in [3.63, 3.8) is 0 Å². The lowest BCUT2D eigenvalue weighted by molar-refractivity contribution is 0.353. The van der Waals surface area contributed by atoms with Gasteiger partial charge >= 0.3 is 0 Å². The van der Waals surface area contributed by atoms with Crippen LogP contribution in [0.25, 0.3) is 5.65 Å². The molecule has 0 saturated heterocycles. The summed E-state index contributed by atoms with van der Waals surface area (Å²) in [6, 6.07) is 1.91. The number of hydrogen-bond acceptors (Lipinski definition) is 4. The van der Waals surface area contributed by atoms with Crippen LogP contribution in [0.3, 0.4) is 0 Å². The van der Waals surface area contributed by atoms with Crippen LogP contribution in [0, 0.1) is 0 Å². The molecule has 1 aliphatic carbocycles. The topological polar surface area (TPSA) is 59.7 Å². The SMILES string of the molecule is COc1cnc2cc(C3CC3)nn2c1O. The van der Waals surface area contributed by atoms with Gasteiger partial charge in [0.2, 0.25) is 0 Å². The Balaban J connectivity index is 2.20. The summed E-state index contributed by atoms with van der Waals surface area (Å²) in [5.74, 6) is 0.902. The van der Waals surface area contributed by atoms with Crippen molar-refractivity contribution < 1.29 is 9.84 Å². The second kappa shape index (κ2) is 2.85. The minimum absolute atomic E-state index is 0.00870. The average Bonchev–Trinajstić information content (AvgIpc) is 2.99. The molecule has 15 heavy (non-hydrogen) atoms. The van der Waals surface area contributed by atoms with E-state index in [1.165, 1.54) is 30.7 Å². The van der Waals surface area contributed by atoms with E-state index < -0.39 is 0 Å². The molecule has 0 unspecified atom stereocenters. The molecule has 2 aromatic heterocycles. The fraction of sp³-hybridized carbons (Fsp3) is 0.400. The third-order valence-electron chi connectivity index (χ3n) is 2.66. The summed E-state index contributed by atoms with van der Waals surface area (Å²) < 4.78 is 6.39. The van der Waals surface area contributed by atoms with E-state index >= 15 is 0 Å². The molecule has 78 valence electrons. The summed E-state index contributed by atoms with van der Waals surface area (Å²) >= 11 is 0. The van der Waals surface area contributed by atoms with Crippen LogP contribution < -0.4 is 4.74 Å². The van der Waals surface area contributed by atoms with Gasteiger partial charge in [-0.25, -0.2) is 4.98 Å². The first kappa shape index (κ1) is 8.52. The number of aromatic hydroxyl groups is 1. The zero-order chi connectivity index (χ0) is 10.4. The van der Waals surface area contributed by atoms with E-state index in [-0.39, 0.29) is 5.88 Å². The number of methoxy groups -OCH3 is 1. The lowest BCUT2D eigenvalue weighted by atomic mass is 10.3. The quantitative estimate of drug-likeness (QED) is 0.803. The van der Waals surface area contributed by atoms with Crippen LogP contribution in [0.15, 0.2) is 12.3 Å². The van der Waals surface area contributed by atoms with Crippen molar-refractivity contribution in [2.24, 2.45) is 0 Å². The number of fused-ring (bicyclic) bond motifs is 1. The van der Waals surface area contributed by atoms with Crippen molar-refractivity contribution in [3.8, 4) is 11.6 Å². The fourth-order valence-electron chi connectivity index (χ4n) is 1.65. The molecule has 1 aliphatic rings. The van der Waals surface area contributed by atoms with Gasteiger partial charge in [-0.1, -0.05) is 0 Å². The van der Waals surface area contributed by atoms with Crippen molar-refractivity contribution in [2.45, 2.75) is 18.8 Å². The van der Waals surface area contributed by atoms with Crippen LogP contribution in [0.4, 0.5) is 0 Å². The molecular weight excluding hydrogens is 194 g/mol. The monoisotopic (exact) mass is 205 g/mol. The molecule has 5 nitrogen and oxygen atoms in total. The maximum atomic E-state index is 9.80. The van der Waals surface area contributed by atoms with Gasteiger partial charge in [0.25, 0.3) is 5.88 Å². The molecule has 1 N–H and O–H groups in total. The first-order valence-electron chi connectivity index (χ1n) is 4.91. The van der Waals surface area contributed by atoms with E-state index in [0.29, 0.717) is 17.3 Å². The van der Waals surface area contributed by atoms with Crippen molar-refractivity contribution in [1.82, 2.24) is 14.6 Å².